The van der Waals surface area contributed by atoms with Gasteiger partial charge in [-0.15, -0.1) is 5.06 Å². The molecule has 22 heavy (non-hydrogen) atoms. The number of hydroxylamine groups is 2. The number of nitro benzene ring substituents is 1. The summed E-state index contributed by atoms with van der Waals surface area (Å²) >= 11 is 0. The molecule has 2 aliphatic carbocycles. The number of nitrogens with zero attached hydrogens (tertiary/aromatic N) is 2. The Morgan fingerprint density at radius 2 is 1.95 bits per heavy atom. The summed E-state index contributed by atoms with van der Waals surface area (Å²) in [6.45, 7) is 7.20. The van der Waals surface area contributed by atoms with Crippen molar-refractivity contribution in [3.05, 3.63) is 39.9 Å². The number of hydrogen-bond donors (Lipinski definition) is 0. The van der Waals surface area contributed by atoms with E-state index in [0.29, 0.717) is 16.9 Å². The molecular weight excluding hydrogens is 280 g/mol. The first kappa shape index (κ1) is 14.2. The van der Waals surface area contributed by atoms with Crippen molar-refractivity contribution in [3.8, 4) is 0 Å². The largest absolute Gasteiger partial charge is 0.270 e. The number of fused-ring (bicyclic) bond motifs is 2. The molecule has 1 saturated heterocycles. The second kappa shape index (κ2) is 4.30. The molecule has 2 saturated carbocycles. The van der Waals surface area contributed by atoms with Gasteiger partial charge in [0.2, 0.25) is 0 Å². The summed E-state index contributed by atoms with van der Waals surface area (Å²) in [7, 11) is 0. The average molecular weight is 302 g/mol. The Balaban J connectivity index is 1.52. The van der Waals surface area contributed by atoms with Gasteiger partial charge >= 0.3 is 0 Å². The molecule has 0 amide bonds. The first-order valence-corrected chi connectivity index (χ1v) is 8.04. The maximum Gasteiger partial charge on any atom is 0.269 e. The Morgan fingerprint density at radius 3 is 2.45 bits per heavy atom. The van der Waals surface area contributed by atoms with E-state index < -0.39 is 0 Å². The van der Waals surface area contributed by atoms with Crippen LogP contribution in [0, 0.1) is 26.9 Å². The Morgan fingerprint density at radius 1 is 1.27 bits per heavy atom. The van der Waals surface area contributed by atoms with E-state index >= 15 is 0 Å². The fraction of sp³-hybridized carbons (Fsp3) is 0.647. The zero-order valence-corrected chi connectivity index (χ0v) is 13.3. The molecule has 0 radical (unpaired) electrons. The number of nitro groups is 1. The van der Waals surface area contributed by atoms with Crippen LogP contribution in [0.3, 0.4) is 0 Å². The molecule has 118 valence electrons. The SMILES string of the molecule is CC1(C)C2CCC1(C)C(N1OC1c1ccc([N+](=O)[O-])cc1)C2. The van der Waals surface area contributed by atoms with E-state index in [0.717, 1.165) is 11.5 Å². The van der Waals surface area contributed by atoms with Crippen LogP contribution < -0.4 is 0 Å². The molecule has 1 heterocycles. The van der Waals surface area contributed by atoms with Gasteiger partial charge in [0, 0.05) is 23.7 Å². The van der Waals surface area contributed by atoms with Crippen molar-refractivity contribution in [1.82, 2.24) is 5.06 Å². The van der Waals surface area contributed by atoms with Crippen LogP contribution in [0.1, 0.15) is 51.8 Å². The minimum Gasteiger partial charge on any atom is -0.270 e. The summed E-state index contributed by atoms with van der Waals surface area (Å²) in [4.78, 5) is 16.2. The summed E-state index contributed by atoms with van der Waals surface area (Å²) in [6, 6.07) is 7.19. The van der Waals surface area contributed by atoms with Gasteiger partial charge in [-0.2, -0.15) is 0 Å². The molecule has 5 nitrogen and oxygen atoms in total. The van der Waals surface area contributed by atoms with Gasteiger partial charge in [-0.25, -0.2) is 0 Å². The standard InChI is InChI=1S/C17H22N2O3/c1-16(2)12-8-9-17(16,3)14(10-12)18-15(22-18)11-4-6-13(7-5-11)19(20)21/h4-7,12,14-15H,8-10H2,1-3H3. The average Bonchev–Trinajstić information content (AvgIpc) is 3.20. The molecule has 3 fully saturated rings. The molecule has 0 N–H and O–H groups in total. The molecule has 5 atom stereocenters. The van der Waals surface area contributed by atoms with Crippen molar-refractivity contribution < 1.29 is 9.76 Å². The van der Waals surface area contributed by atoms with E-state index in [2.05, 4.69) is 25.8 Å². The van der Waals surface area contributed by atoms with Crippen LogP contribution in [-0.4, -0.2) is 16.0 Å². The van der Waals surface area contributed by atoms with E-state index in [9.17, 15) is 10.1 Å². The Kier molecular flexibility index (Phi) is 2.76. The van der Waals surface area contributed by atoms with Gasteiger partial charge in [0.25, 0.3) is 5.69 Å². The fourth-order valence-electron chi connectivity index (χ4n) is 4.84. The predicted octanol–water partition coefficient (Wildman–Crippen LogP) is 4.06. The third-order valence-electron chi connectivity index (χ3n) is 6.85. The lowest BCUT2D eigenvalue weighted by Crippen LogP contribution is -2.39. The van der Waals surface area contributed by atoms with Crippen LogP contribution in [0.5, 0.6) is 0 Å². The van der Waals surface area contributed by atoms with Crippen LogP contribution in [-0.2, 0) is 4.84 Å². The highest BCUT2D eigenvalue weighted by Gasteiger charge is 2.66. The quantitative estimate of drug-likeness (QED) is 0.480. The topological polar surface area (TPSA) is 58.7 Å². The molecule has 0 spiro atoms. The Labute approximate surface area is 130 Å². The molecular formula is C17H22N2O3. The lowest BCUT2D eigenvalue weighted by molar-refractivity contribution is -0.384. The second-order valence-electron chi connectivity index (χ2n) is 7.79. The lowest BCUT2D eigenvalue weighted by Gasteiger charge is -2.38. The van der Waals surface area contributed by atoms with Gasteiger partial charge in [-0.3, -0.25) is 15.0 Å². The van der Waals surface area contributed by atoms with Crippen molar-refractivity contribution in [2.75, 3.05) is 0 Å². The molecule has 1 aromatic rings. The van der Waals surface area contributed by atoms with E-state index in [-0.39, 0.29) is 16.8 Å². The van der Waals surface area contributed by atoms with Gasteiger partial charge in [0.1, 0.15) is 0 Å². The van der Waals surface area contributed by atoms with Gasteiger partial charge in [0.15, 0.2) is 6.23 Å². The maximum atomic E-state index is 10.7. The smallest absolute Gasteiger partial charge is 0.269 e. The first-order chi connectivity index (χ1) is 10.3. The van der Waals surface area contributed by atoms with Gasteiger partial charge in [-0.05, 0) is 48.1 Å². The van der Waals surface area contributed by atoms with E-state index in [1.54, 1.807) is 12.1 Å². The molecule has 0 aromatic heterocycles. The normalized spacial score (nSPS) is 41.6. The molecule has 4 rings (SSSR count). The molecule has 1 aliphatic heterocycles. The summed E-state index contributed by atoms with van der Waals surface area (Å²) in [5, 5.41) is 12.9. The van der Waals surface area contributed by atoms with E-state index in [1.165, 1.54) is 19.3 Å². The van der Waals surface area contributed by atoms with Crippen molar-refractivity contribution in [1.29, 1.82) is 0 Å². The summed E-state index contributed by atoms with van der Waals surface area (Å²) < 4.78 is 0. The van der Waals surface area contributed by atoms with Crippen LogP contribution in [0.4, 0.5) is 5.69 Å². The van der Waals surface area contributed by atoms with Crippen molar-refractivity contribution in [2.45, 2.75) is 52.3 Å². The maximum absolute atomic E-state index is 10.7. The van der Waals surface area contributed by atoms with Crippen LogP contribution in [0.2, 0.25) is 0 Å². The molecule has 3 aliphatic rings. The van der Waals surface area contributed by atoms with Crippen LogP contribution >= 0.6 is 0 Å². The number of hydrogen-bond acceptors (Lipinski definition) is 4. The summed E-state index contributed by atoms with van der Waals surface area (Å²) in [5.74, 6) is 0.782. The number of non-ortho nitro benzene ring substituents is 1. The van der Waals surface area contributed by atoms with E-state index in [1.807, 2.05) is 12.1 Å². The number of benzene rings is 1. The van der Waals surface area contributed by atoms with Crippen LogP contribution in [0.15, 0.2) is 24.3 Å². The van der Waals surface area contributed by atoms with Gasteiger partial charge < -0.3 is 0 Å². The third-order valence-corrected chi connectivity index (χ3v) is 6.85. The Bertz CT molecular complexity index is 627. The number of rotatable bonds is 3. The minimum atomic E-state index is -0.366. The van der Waals surface area contributed by atoms with Crippen molar-refractivity contribution in [3.63, 3.8) is 0 Å². The summed E-state index contributed by atoms with van der Waals surface area (Å²) in [6.07, 6.45) is 3.77. The second-order valence-corrected chi connectivity index (χ2v) is 7.79. The fourth-order valence-corrected chi connectivity index (χ4v) is 4.84. The van der Waals surface area contributed by atoms with Crippen molar-refractivity contribution in [2.24, 2.45) is 16.7 Å². The third kappa shape index (κ3) is 1.72. The zero-order chi connectivity index (χ0) is 15.7. The highest BCUT2D eigenvalue weighted by Crippen LogP contribution is 2.68. The zero-order valence-electron chi connectivity index (χ0n) is 13.3. The highest BCUT2D eigenvalue weighted by molar-refractivity contribution is 5.34. The van der Waals surface area contributed by atoms with Crippen LogP contribution in [0.25, 0.3) is 0 Å². The van der Waals surface area contributed by atoms with Gasteiger partial charge in [0.05, 0.1) is 4.92 Å². The minimum absolute atomic E-state index is 0.0298. The van der Waals surface area contributed by atoms with Crippen molar-refractivity contribution >= 4 is 5.69 Å². The Hall–Kier alpha value is -1.46. The molecule has 5 heteroatoms. The molecule has 5 unspecified atom stereocenters. The first-order valence-electron chi connectivity index (χ1n) is 8.04. The highest BCUT2D eigenvalue weighted by atomic mass is 16.8. The monoisotopic (exact) mass is 302 g/mol. The van der Waals surface area contributed by atoms with Gasteiger partial charge in [-0.1, -0.05) is 20.8 Å². The lowest BCUT2D eigenvalue weighted by atomic mass is 9.69. The summed E-state index contributed by atoms with van der Waals surface area (Å²) in [5.41, 5.74) is 1.80. The molecule has 1 aromatic carbocycles. The van der Waals surface area contributed by atoms with E-state index in [4.69, 9.17) is 4.84 Å². The predicted molar refractivity (Wildman–Crippen MR) is 81.8 cm³/mol. The molecule has 2 bridgehead atoms.